The summed E-state index contributed by atoms with van der Waals surface area (Å²) < 4.78 is 10.0. The summed E-state index contributed by atoms with van der Waals surface area (Å²) >= 11 is 6.68. The van der Waals surface area contributed by atoms with E-state index in [2.05, 4.69) is 10.6 Å². The Morgan fingerprint density at radius 1 is 1.40 bits per heavy atom. The Bertz CT molecular complexity index is 486. The smallest absolute Gasteiger partial charge is 0.341 e. The van der Waals surface area contributed by atoms with Gasteiger partial charge in [-0.25, -0.2) is 4.79 Å². The van der Waals surface area contributed by atoms with Crippen LogP contribution >= 0.6 is 23.6 Å². The number of carbonyl (C=O) groups excluding carboxylic acids is 1. The van der Waals surface area contributed by atoms with E-state index in [9.17, 15) is 4.79 Å². The number of nitrogens with one attached hydrogen (secondary N) is 2. The van der Waals surface area contributed by atoms with Crippen LogP contribution in [0, 0.1) is 13.8 Å². The fraction of sp³-hybridized carbons (Fsp3) is 0.538. The standard InChI is InChI=1S/C13H20N2O3S2/c1-5-18-12(16)10-8(2)9(3)20-11(10)15-13(19)14-6-7-17-4/h5-7H2,1-4H3,(H2,14,15,19). The molecule has 0 aliphatic carbocycles. The zero-order valence-electron chi connectivity index (χ0n) is 12.2. The summed E-state index contributed by atoms with van der Waals surface area (Å²) in [6.07, 6.45) is 0. The fourth-order valence-corrected chi connectivity index (χ4v) is 2.90. The van der Waals surface area contributed by atoms with E-state index >= 15 is 0 Å². The Morgan fingerprint density at radius 3 is 2.70 bits per heavy atom. The first-order valence-corrected chi connectivity index (χ1v) is 7.54. The summed E-state index contributed by atoms with van der Waals surface area (Å²) in [5.41, 5.74) is 1.49. The molecule has 2 N–H and O–H groups in total. The predicted molar refractivity (Wildman–Crippen MR) is 85.8 cm³/mol. The summed E-state index contributed by atoms with van der Waals surface area (Å²) in [4.78, 5) is 13.1. The molecule has 0 aromatic carbocycles. The summed E-state index contributed by atoms with van der Waals surface area (Å²) in [5.74, 6) is -0.323. The maximum absolute atomic E-state index is 12.0. The number of hydrogen-bond donors (Lipinski definition) is 2. The maximum atomic E-state index is 12.0. The second kappa shape index (κ2) is 8.18. The van der Waals surface area contributed by atoms with E-state index < -0.39 is 0 Å². The second-order valence-electron chi connectivity index (χ2n) is 4.08. The third-order valence-electron chi connectivity index (χ3n) is 2.68. The van der Waals surface area contributed by atoms with Crippen LogP contribution in [0.4, 0.5) is 5.00 Å². The highest BCUT2D eigenvalue weighted by atomic mass is 32.1. The van der Waals surface area contributed by atoms with Crippen molar-refractivity contribution in [1.29, 1.82) is 0 Å². The summed E-state index contributed by atoms with van der Waals surface area (Å²) in [5, 5.41) is 7.24. The molecule has 0 saturated heterocycles. The molecule has 0 aliphatic rings. The van der Waals surface area contributed by atoms with Gasteiger partial charge in [0, 0.05) is 18.5 Å². The lowest BCUT2D eigenvalue weighted by Crippen LogP contribution is -2.31. The number of carbonyl (C=O) groups is 1. The normalized spacial score (nSPS) is 10.2. The van der Waals surface area contributed by atoms with Gasteiger partial charge in [-0.2, -0.15) is 0 Å². The molecule has 0 unspecified atom stereocenters. The molecule has 0 amide bonds. The van der Waals surface area contributed by atoms with Crippen molar-refractivity contribution in [3.8, 4) is 0 Å². The van der Waals surface area contributed by atoms with Crippen molar-refractivity contribution in [3.63, 3.8) is 0 Å². The number of rotatable bonds is 6. The molecule has 1 rings (SSSR count). The van der Waals surface area contributed by atoms with Crippen LogP contribution in [0.3, 0.4) is 0 Å². The average molecular weight is 316 g/mol. The molecular weight excluding hydrogens is 296 g/mol. The summed E-state index contributed by atoms with van der Waals surface area (Å²) in [7, 11) is 1.63. The van der Waals surface area contributed by atoms with Crippen LogP contribution in [0.5, 0.6) is 0 Å². The Hall–Kier alpha value is -1.18. The number of thiocarbonyl (C=S) groups is 1. The van der Waals surface area contributed by atoms with Gasteiger partial charge >= 0.3 is 5.97 Å². The zero-order chi connectivity index (χ0) is 15.1. The predicted octanol–water partition coefficient (Wildman–Crippen LogP) is 2.47. The van der Waals surface area contributed by atoms with E-state index in [0.29, 0.717) is 35.4 Å². The summed E-state index contributed by atoms with van der Waals surface area (Å²) in [6.45, 7) is 7.19. The van der Waals surface area contributed by atoms with E-state index in [1.165, 1.54) is 11.3 Å². The lowest BCUT2D eigenvalue weighted by atomic mass is 10.1. The van der Waals surface area contributed by atoms with Crippen molar-refractivity contribution >= 4 is 39.6 Å². The second-order valence-corrected chi connectivity index (χ2v) is 5.71. The molecule has 7 heteroatoms. The van der Waals surface area contributed by atoms with Gasteiger partial charge in [0.05, 0.1) is 18.8 Å². The average Bonchev–Trinajstić information content (AvgIpc) is 2.65. The Labute approximate surface area is 128 Å². The molecule has 0 fully saturated rings. The van der Waals surface area contributed by atoms with Gasteiger partial charge in [-0.3, -0.25) is 0 Å². The van der Waals surface area contributed by atoms with Gasteiger partial charge in [-0.1, -0.05) is 0 Å². The lowest BCUT2D eigenvalue weighted by molar-refractivity contribution is 0.0527. The highest BCUT2D eigenvalue weighted by molar-refractivity contribution is 7.80. The van der Waals surface area contributed by atoms with Crippen LogP contribution in [-0.4, -0.2) is 38.0 Å². The van der Waals surface area contributed by atoms with Crippen molar-refractivity contribution in [3.05, 3.63) is 16.0 Å². The molecule has 0 bridgehead atoms. The van der Waals surface area contributed by atoms with E-state index in [4.69, 9.17) is 21.7 Å². The third-order valence-corrected chi connectivity index (χ3v) is 4.05. The van der Waals surface area contributed by atoms with Crippen LogP contribution in [-0.2, 0) is 9.47 Å². The van der Waals surface area contributed by atoms with Crippen molar-refractivity contribution < 1.29 is 14.3 Å². The highest BCUT2D eigenvalue weighted by Gasteiger charge is 2.21. The molecule has 20 heavy (non-hydrogen) atoms. The molecular formula is C13H20N2O3S2. The van der Waals surface area contributed by atoms with Gasteiger partial charge in [0.1, 0.15) is 5.00 Å². The minimum absolute atomic E-state index is 0.323. The molecule has 1 aromatic heterocycles. The van der Waals surface area contributed by atoms with Crippen LogP contribution in [0.15, 0.2) is 0 Å². The maximum Gasteiger partial charge on any atom is 0.341 e. The van der Waals surface area contributed by atoms with E-state index in [1.54, 1.807) is 14.0 Å². The van der Waals surface area contributed by atoms with Crippen LogP contribution in [0.2, 0.25) is 0 Å². The van der Waals surface area contributed by atoms with Crippen LogP contribution in [0.1, 0.15) is 27.7 Å². The first kappa shape index (κ1) is 16.9. The van der Waals surface area contributed by atoms with Crippen LogP contribution in [0.25, 0.3) is 0 Å². The van der Waals surface area contributed by atoms with Crippen molar-refractivity contribution in [2.24, 2.45) is 0 Å². The lowest BCUT2D eigenvalue weighted by Gasteiger charge is -2.10. The quantitative estimate of drug-likeness (QED) is 0.478. The van der Waals surface area contributed by atoms with Crippen molar-refractivity contribution in [2.45, 2.75) is 20.8 Å². The minimum atomic E-state index is -0.323. The first-order chi connectivity index (χ1) is 9.51. The monoisotopic (exact) mass is 316 g/mol. The molecule has 0 spiro atoms. The number of ether oxygens (including phenoxy) is 2. The van der Waals surface area contributed by atoms with E-state index in [-0.39, 0.29) is 5.97 Å². The SMILES string of the molecule is CCOC(=O)c1c(NC(=S)NCCOC)sc(C)c1C. The molecule has 112 valence electrons. The molecule has 0 atom stereocenters. The van der Waals surface area contributed by atoms with Crippen LogP contribution < -0.4 is 10.6 Å². The number of aryl methyl sites for hydroxylation is 1. The van der Waals surface area contributed by atoms with Gasteiger partial charge in [0.2, 0.25) is 0 Å². The number of methoxy groups -OCH3 is 1. The highest BCUT2D eigenvalue weighted by Crippen LogP contribution is 2.32. The zero-order valence-corrected chi connectivity index (χ0v) is 13.8. The van der Waals surface area contributed by atoms with Crippen molar-refractivity contribution in [2.75, 3.05) is 32.2 Å². The number of thiophene rings is 1. The fourth-order valence-electron chi connectivity index (χ4n) is 1.58. The minimum Gasteiger partial charge on any atom is -0.462 e. The molecule has 0 aliphatic heterocycles. The largest absolute Gasteiger partial charge is 0.462 e. The number of esters is 1. The van der Waals surface area contributed by atoms with Gasteiger partial charge in [0.25, 0.3) is 0 Å². The topological polar surface area (TPSA) is 59.6 Å². The summed E-state index contributed by atoms with van der Waals surface area (Å²) in [6, 6.07) is 0. The molecule has 1 heterocycles. The number of anilines is 1. The van der Waals surface area contributed by atoms with Gasteiger partial charge < -0.3 is 20.1 Å². The number of hydrogen-bond acceptors (Lipinski definition) is 5. The van der Waals surface area contributed by atoms with E-state index in [1.807, 2.05) is 13.8 Å². The van der Waals surface area contributed by atoms with E-state index in [0.717, 1.165) is 10.4 Å². The first-order valence-electron chi connectivity index (χ1n) is 6.32. The Balaban J connectivity index is 2.81. The van der Waals surface area contributed by atoms with Crippen molar-refractivity contribution in [1.82, 2.24) is 5.32 Å². The molecule has 1 aromatic rings. The van der Waals surface area contributed by atoms with Gasteiger partial charge in [-0.05, 0) is 38.6 Å². The van der Waals surface area contributed by atoms with Gasteiger partial charge in [0.15, 0.2) is 5.11 Å². The molecule has 5 nitrogen and oxygen atoms in total. The molecule has 0 saturated carbocycles. The molecule has 0 radical (unpaired) electrons. The Morgan fingerprint density at radius 2 is 2.10 bits per heavy atom. The Kier molecular flexibility index (Phi) is 6.90. The third kappa shape index (κ3) is 4.43. The van der Waals surface area contributed by atoms with Gasteiger partial charge in [-0.15, -0.1) is 11.3 Å².